The molecule has 174 valence electrons. The number of rotatable bonds is 3. The van der Waals surface area contributed by atoms with E-state index in [0.717, 1.165) is 27.8 Å². The van der Waals surface area contributed by atoms with Crippen LogP contribution in [0.25, 0.3) is 44.6 Å². The number of carbonyl (C=O) groups is 1. The van der Waals surface area contributed by atoms with Crippen LogP contribution in [-0.2, 0) is 0 Å². The van der Waals surface area contributed by atoms with Gasteiger partial charge in [0.2, 0.25) is 5.91 Å². The first kappa shape index (κ1) is 20.4. The average molecular weight is 475 g/mol. The second-order valence-corrected chi connectivity index (χ2v) is 8.85. The van der Waals surface area contributed by atoms with E-state index in [2.05, 4.69) is 37.7 Å². The molecule has 1 unspecified atom stereocenters. The van der Waals surface area contributed by atoms with Gasteiger partial charge in [-0.2, -0.15) is 0 Å². The quantitative estimate of drug-likeness (QED) is 0.329. The highest BCUT2D eigenvalue weighted by Gasteiger charge is 2.33. The average Bonchev–Trinajstić information content (AvgIpc) is 3.57. The molecule has 7 nitrogen and oxygen atoms in total. The number of fused-ring (bicyclic) bond motifs is 5. The number of benzene rings is 3. The number of H-pyrrole nitrogens is 1. The zero-order chi connectivity index (χ0) is 24.6. The topological polar surface area (TPSA) is 110 Å². The lowest BCUT2D eigenvalue weighted by Gasteiger charge is -2.17. The van der Waals surface area contributed by atoms with Crippen LogP contribution in [0.4, 0.5) is 4.39 Å². The number of halogens is 1. The van der Waals surface area contributed by atoms with Gasteiger partial charge in [0.15, 0.2) is 11.6 Å². The molecule has 7 rings (SSSR count). The first-order valence-corrected chi connectivity index (χ1v) is 11.4. The van der Waals surface area contributed by atoms with Crippen LogP contribution in [0.2, 0.25) is 0 Å². The molecule has 0 saturated carbocycles. The largest absolute Gasteiger partial charge is 0.505 e. The highest BCUT2D eigenvalue weighted by atomic mass is 19.1. The van der Waals surface area contributed by atoms with Crippen molar-refractivity contribution in [1.82, 2.24) is 19.5 Å². The van der Waals surface area contributed by atoms with Crippen LogP contribution in [0, 0.1) is 5.82 Å². The van der Waals surface area contributed by atoms with Gasteiger partial charge in [0.05, 0.1) is 22.6 Å². The first-order valence-electron chi connectivity index (χ1n) is 11.4. The Morgan fingerprint density at radius 3 is 2.69 bits per heavy atom. The zero-order valence-electron chi connectivity index (χ0n) is 18.7. The van der Waals surface area contributed by atoms with Gasteiger partial charge < -0.3 is 20.4 Å². The number of phenols is 1. The molecule has 0 fully saturated rings. The summed E-state index contributed by atoms with van der Waals surface area (Å²) in [7, 11) is 0. The van der Waals surface area contributed by atoms with Crippen LogP contribution in [0.1, 0.15) is 27.5 Å². The van der Waals surface area contributed by atoms with E-state index in [0.29, 0.717) is 33.5 Å². The Labute approximate surface area is 203 Å². The molecule has 6 aromatic rings. The molecule has 0 aliphatic heterocycles. The molecule has 1 aliphatic carbocycles. The minimum atomic E-state index is -0.705. The molecule has 1 aliphatic rings. The van der Waals surface area contributed by atoms with Crippen molar-refractivity contribution in [2.45, 2.75) is 6.04 Å². The lowest BCUT2D eigenvalue weighted by Crippen LogP contribution is -2.12. The molecular formula is C28H18FN5O2. The Morgan fingerprint density at radius 1 is 1.03 bits per heavy atom. The number of aromatic amines is 1. The van der Waals surface area contributed by atoms with Crippen molar-refractivity contribution in [2.24, 2.45) is 5.73 Å². The molecule has 1 atom stereocenters. The summed E-state index contributed by atoms with van der Waals surface area (Å²) in [5, 5.41) is 10.5. The predicted molar refractivity (Wildman–Crippen MR) is 134 cm³/mol. The van der Waals surface area contributed by atoms with Crippen molar-refractivity contribution in [2.75, 3.05) is 0 Å². The number of pyridine rings is 1. The molecule has 3 aromatic heterocycles. The highest BCUT2D eigenvalue weighted by molar-refractivity contribution is 6.05. The SMILES string of the molecule is NC(=O)c1ccnc2c1ccn2C1c2ccccc2-c2c(-c3nc4cc(O)c(F)cc4[nH]3)cccc21. The van der Waals surface area contributed by atoms with Gasteiger partial charge in [-0.1, -0.05) is 42.5 Å². The molecule has 3 heterocycles. The predicted octanol–water partition coefficient (Wildman–Crippen LogP) is 5.14. The Hall–Kier alpha value is -4.98. The third kappa shape index (κ3) is 2.75. The minimum absolute atomic E-state index is 0.185. The number of aromatic nitrogens is 4. The number of primary amides is 1. The Kier molecular flexibility index (Phi) is 4.11. The fourth-order valence-corrected chi connectivity index (χ4v) is 5.35. The van der Waals surface area contributed by atoms with E-state index in [1.54, 1.807) is 12.3 Å². The minimum Gasteiger partial charge on any atom is -0.505 e. The van der Waals surface area contributed by atoms with E-state index in [4.69, 9.17) is 5.73 Å². The summed E-state index contributed by atoms with van der Waals surface area (Å²) < 4.78 is 16.0. The van der Waals surface area contributed by atoms with E-state index in [-0.39, 0.29) is 6.04 Å². The third-order valence-corrected chi connectivity index (χ3v) is 6.88. The van der Waals surface area contributed by atoms with Crippen molar-refractivity contribution >= 4 is 28.0 Å². The zero-order valence-corrected chi connectivity index (χ0v) is 18.7. The Balaban J connectivity index is 1.48. The van der Waals surface area contributed by atoms with Crippen LogP contribution in [0.5, 0.6) is 5.75 Å². The fourth-order valence-electron chi connectivity index (χ4n) is 5.35. The number of nitrogens with one attached hydrogen (secondary N) is 1. The molecule has 1 amide bonds. The van der Waals surface area contributed by atoms with Gasteiger partial charge in [-0.05, 0) is 34.4 Å². The molecule has 8 heteroatoms. The maximum atomic E-state index is 14.0. The number of nitrogens with two attached hydrogens (primary N) is 1. The summed E-state index contributed by atoms with van der Waals surface area (Å²) in [6.07, 6.45) is 3.53. The summed E-state index contributed by atoms with van der Waals surface area (Å²) in [5.41, 5.74) is 12.7. The lowest BCUT2D eigenvalue weighted by molar-refractivity contribution is 0.100. The van der Waals surface area contributed by atoms with E-state index < -0.39 is 17.5 Å². The van der Waals surface area contributed by atoms with E-state index >= 15 is 0 Å². The molecule has 0 bridgehead atoms. The summed E-state index contributed by atoms with van der Waals surface area (Å²) in [4.78, 5) is 24.4. The lowest BCUT2D eigenvalue weighted by atomic mass is 9.99. The standard InChI is InChI=1S/C28H18FN5O2/c29-20-12-21-22(13-23(20)35)33-27(32-21)19-7-3-6-18-24(19)14-4-1-2-5-15(14)25(18)34-11-9-17-16(26(30)36)8-10-31-28(17)34/h1-13,25,35H,(H2,30,36)(H,32,33). The van der Waals surface area contributed by atoms with Crippen molar-refractivity contribution in [3.8, 4) is 28.3 Å². The number of nitrogens with zero attached hydrogens (tertiary/aromatic N) is 3. The molecule has 0 spiro atoms. The van der Waals surface area contributed by atoms with Gasteiger partial charge in [0.1, 0.15) is 11.5 Å². The van der Waals surface area contributed by atoms with Crippen molar-refractivity contribution < 1.29 is 14.3 Å². The van der Waals surface area contributed by atoms with Gasteiger partial charge in [-0.25, -0.2) is 14.4 Å². The smallest absolute Gasteiger partial charge is 0.249 e. The normalized spacial score (nSPS) is 14.3. The third-order valence-electron chi connectivity index (χ3n) is 6.88. The van der Waals surface area contributed by atoms with Crippen LogP contribution < -0.4 is 5.73 Å². The number of phenolic OH excluding ortho intramolecular Hbond substituents is 1. The van der Waals surface area contributed by atoms with E-state index in [9.17, 15) is 14.3 Å². The fraction of sp³-hybridized carbons (Fsp3) is 0.0357. The number of hydrogen-bond donors (Lipinski definition) is 3. The second-order valence-electron chi connectivity index (χ2n) is 8.85. The van der Waals surface area contributed by atoms with Crippen molar-refractivity contribution in [3.63, 3.8) is 0 Å². The van der Waals surface area contributed by atoms with Gasteiger partial charge in [-0.15, -0.1) is 0 Å². The van der Waals surface area contributed by atoms with E-state index in [1.165, 1.54) is 12.1 Å². The summed E-state index contributed by atoms with van der Waals surface area (Å²) in [6.45, 7) is 0. The first-order chi connectivity index (χ1) is 17.5. The monoisotopic (exact) mass is 475 g/mol. The molecular weight excluding hydrogens is 457 g/mol. The van der Waals surface area contributed by atoms with Crippen LogP contribution in [0.3, 0.4) is 0 Å². The number of carbonyl (C=O) groups excluding carboxylic acids is 1. The summed E-state index contributed by atoms with van der Waals surface area (Å²) in [5.74, 6) is -1.06. The Morgan fingerprint density at radius 2 is 1.83 bits per heavy atom. The number of aromatic hydroxyl groups is 1. The molecule has 36 heavy (non-hydrogen) atoms. The van der Waals surface area contributed by atoms with Crippen molar-refractivity contribution in [3.05, 3.63) is 102 Å². The highest BCUT2D eigenvalue weighted by Crippen LogP contribution is 2.50. The van der Waals surface area contributed by atoms with E-state index in [1.807, 2.05) is 36.5 Å². The summed E-state index contributed by atoms with van der Waals surface area (Å²) in [6, 6.07) is 20.0. The van der Waals surface area contributed by atoms with Crippen molar-refractivity contribution in [1.29, 1.82) is 0 Å². The maximum Gasteiger partial charge on any atom is 0.249 e. The molecule has 4 N–H and O–H groups in total. The number of imidazole rings is 1. The number of amides is 1. The van der Waals surface area contributed by atoms with Gasteiger partial charge in [0.25, 0.3) is 0 Å². The van der Waals surface area contributed by atoms with Gasteiger partial charge in [0, 0.05) is 35.5 Å². The second kappa shape index (κ2) is 7.26. The maximum absolute atomic E-state index is 14.0. The molecule has 0 radical (unpaired) electrons. The van der Waals surface area contributed by atoms with Gasteiger partial charge in [-0.3, -0.25) is 4.79 Å². The Bertz CT molecular complexity index is 1830. The van der Waals surface area contributed by atoms with Crippen LogP contribution in [0.15, 0.2) is 79.1 Å². The van der Waals surface area contributed by atoms with Crippen LogP contribution in [-0.4, -0.2) is 30.5 Å². The van der Waals surface area contributed by atoms with Gasteiger partial charge >= 0.3 is 0 Å². The van der Waals surface area contributed by atoms with Crippen LogP contribution >= 0.6 is 0 Å². The molecule has 3 aromatic carbocycles. The number of hydrogen-bond acceptors (Lipinski definition) is 4. The molecule has 0 saturated heterocycles. The summed E-state index contributed by atoms with van der Waals surface area (Å²) >= 11 is 0.